The van der Waals surface area contributed by atoms with E-state index < -0.39 is 11.7 Å². The average molecular weight is 393 g/mol. The van der Waals surface area contributed by atoms with E-state index in [1.165, 1.54) is 6.07 Å². The number of aromatic nitrogens is 2. The van der Waals surface area contributed by atoms with Gasteiger partial charge in [0, 0.05) is 25.4 Å². The number of alkyl halides is 3. The Balaban J connectivity index is 1.35. The van der Waals surface area contributed by atoms with Gasteiger partial charge in [-0.15, -0.1) is 0 Å². The lowest BCUT2D eigenvalue weighted by atomic mass is 9.94. The molecule has 1 atom stereocenters. The van der Waals surface area contributed by atoms with Crippen LogP contribution in [0, 0.1) is 5.92 Å². The van der Waals surface area contributed by atoms with Gasteiger partial charge in [0.05, 0.1) is 12.0 Å². The summed E-state index contributed by atoms with van der Waals surface area (Å²) in [4.78, 5) is 18.8. The summed E-state index contributed by atoms with van der Waals surface area (Å²) < 4.78 is 43.9. The second-order valence-electron chi connectivity index (χ2n) is 7.75. The van der Waals surface area contributed by atoms with Crippen LogP contribution < -0.4 is 0 Å². The van der Waals surface area contributed by atoms with E-state index in [-0.39, 0.29) is 18.2 Å². The van der Waals surface area contributed by atoms with E-state index in [2.05, 4.69) is 10.1 Å². The maximum atomic E-state index is 12.9. The highest BCUT2D eigenvalue weighted by Gasteiger charge is 2.32. The molecule has 0 unspecified atom stereocenters. The van der Waals surface area contributed by atoms with E-state index in [1.54, 1.807) is 11.0 Å². The van der Waals surface area contributed by atoms with Crippen molar-refractivity contribution in [3.63, 3.8) is 0 Å². The van der Waals surface area contributed by atoms with Crippen LogP contribution >= 0.6 is 0 Å². The lowest BCUT2D eigenvalue weighted by Gasteiger charge is -2.32. The Kier molecular flexibility index (Phi) is 5.12. The molecule has 0 bridgehead atoms. The first-order valence-electron chi connectivity index (χ1n) is 9.65. The number of amides is 1. The molecule has 1 saturated carbocycles. The zero-order valence-electron chi connectivity index (χ0n) is 15.4. The van der Waals surface area contributed by atoms with Gasteiger partial charge < -0.3 is 9.42 Å². The van der Waals surface area contributed by atoms with Gasteiger partial charge in [-0.1, -0.05) is 23.4 Å². The van der Waals surface area contributed by atoms with Gasteiger partial charge in [-0.25, -0.2) is 0 Å². The molecule has 150 valence electrons. The van der Waals surface area contributed by atoms with Crippen molar-refractivity contribution in [2.45, 2.75) is 50.6 Å². The molecule has 4 rings (SSSR count). The van der Waals surface area contributed by atoms with Gasteiger partial charge in [0.1, 0.15) is 0 Å². The number of rotatable bonds is 5. The van der Waals surface area contributed by atoms with E-state index in [0.29, 0.717) is 36.9 Å². The number of hydrogen-bond donors (Lipinski definition) is 0. The molecular formula is C20H22F3N3O2. The predicted octanol–water partition coefficient (Wildman–Crippen LogP) is 3.99. The summed E-state index contributed by atoms with van der Waals surface area (Å²) in [6.45, 7) is 1.20. The lowest BCUT2D eigenvalue weighted by molar-refractivity contribution is -0.138. The number of carbonyl (C=O) groups excluding carboxylic acids is 1. The second-order valence-corrected chi connectivity index (χ2v) is 7.75. The van der Waals surface area contributed by atoms with Gasteiger partial charge in [-0.05, 0) is 43.2 Å². The summed E-state index contributed by atoms with van der Waals surface area (Å²) in [5.74, 6) is 1.91. The van der Waals surface area contributed by atoms with Crippen molar-refractivity contribution in [1.82, 2.24) is 15.0 Å². The van der Waals surface area contributed by atoms with Gasteiger partial charge >= 0.3 is 6.18 Å². The number of carbonyl (C=O) groups is 1. The van der Waals surface area contributed by atoms with Gasteiger partial charge in [0.15, 0.2) is 5.82 Å². The second kappa shape index (κ2) is 7.56. The van der Waals surface area contributed by atoms with Crippen molar-refractivity contribution in [2.75, 3.05) is 13.1 Å². The molecule has 1 amide bonds. The first-order valence-corrected chi connectivity index (χ1v) is 9.65. The smallest absolute Gasteiger partial charge is 0.342 e. The summed E-state index contributed by atoms with van der Waals surface area (Å²) in [5.41, 5.74) is -0.342. The van der Waals surface area contributed by atoms with Crippen LogP contribution in [0.15, 0.2) is 28.8 Å². The standard InChI is InChI=1S/C20H22F3N3O2/c21-20(22,23)16-5-1-3-13(9-16)11-18(27)26-8-2-4-14(12-26)10-17-24-19(25-28-17)15-6-7-15/h1,3,5,9,14-15H,2,4,6-8,10-12H2/t14-/m0/s1. The minimum Gasteiger partial charge on any atom is -0.342 e. The summed E-state index contributed by atoms with van der Waals surface area (Å²) in [5, 5.41) is 4.02. The fraction of sp³-hybridized carbons (Fsp3) is 0.550. The summed E-state index contributed by atoms with van der Waals surface area (Å²) >= 11 is 0. The zero-order valence-corrected chi connectivity index (χ0v) is 15.4. The molecule has 2 fully saturated rings. The zero-order chi connectivity index (χ0) is 19.7. The number of hydrogen-bond acceptors (Lipinski definition) is 4. The molecule has 0 N–H and O–H groups in total. The quantitative estimate of drug-likeness (QED) is 0.771. The summed E-state index contributed by atoms with van der Waals surface area (Å²) in [6.07, 6.45) is 0.256. The third-order valence-corrected chi connectivity index (χ3v) is 5.37. The topological polar surface area (TPSA) is 59.2 Å². The molecule has 8 heteroatoms. The van der Waals surface area contributed by atoms with Crippen molar-refractivity contribution < 1.29 is 22.5 Å². The molecule has 1 aliphatic carbocycles. The molecule has 0 spiro atoms. The summed E-state index contributed by atoms with van der Waals surface area (Å²) in [6, 6.07) is 4.98. The van der Waals surface area contributed by atoms with E-state index in [9.17, 15) is 18.0 Å². The average Bonchev–Trinajstić information content (AvgIpc) is 3.41. The van der Waals surface area contributed by atoms with Crippen molar-refractivity contribution in [3.8, 4) is 0 Å². The molecule has 2 aromatic rings. The van der Waals surface area contributed by atoms with Crippen molar-refractivity contribution in [2.24, 2.45) is 5.92 Å². The Morgan fingerprint density at radius 1 is 1.25 bits per heavy atom. The van der Waals surface area contributed by atoms with Gasteiger partial charge in [0.2, 0.25) is 11.8 Å². The molecule has 0 radical (unpaired) electrons. The van der Waals surface area contributed by atoms with E-state index in [4.69, 9.17) is 4.52 Å². The summed E-state index contributed by atoms with van der Waals surface area (Å²) in [7, 11) is 0. The van der Waals surface area contributed by atoms with E-state index in [0.717, 1.165) is 43.6 Å². The minimum absolute atomic E-state index is 0.0248. The van der Waals surface area contributed by atoms with Gasteiger partial charge in [-0.2, -0.15) is 18.2 Å². The fourth-order valence-corrected chi connectivity index (χ4v) is 3.71. The third-order valence-electron chi connectivity index (χ3n) is 5.37. The van der Waals surface area contributed by atoms with E-state index in [1.807, 2.05) is 0 Å². The van der Waals surface area contributed by atoms with Crippen LogP contribution in [0.4, 0.5) is 13.2 Å². The maximum absolute atomic E-state index is 12.9. The van der Waals surface area contributed by atoms with Crippen molar-refractivity contribution in [1.29, 1.82) is 0 Å². The maximum Gasteiger partial charge on any atom is 0.416 e. The number of piperidine rings is 1. The highest BCUT2D eigenvalue weighted by Crippen LogP contribution is 2.38. The Labute approximate surface area is 160 Å². The van der Waals surface area contributed by atoms with Crippen molar-refractivity contribution in [3.05, 3.63) is 47.1 Å². The number of nitrogens with zero attached hydrogens (tertiary/aromatic N) is 3. The molecule has 2 aliphatic rings. The normalized spacial score (nSPS) is 20.4. The van der Waals surface area contributed by atoms with Gasteiger partial charge in [0.25, 0.3) is 0 Å². The molecule has 5 nitrogen and oxygen atoms in total. The van der Waals surface area contributed by atoms with Crippen LogP contribution in [-0.4, -0.2) is 34.0 Å². The largest absolute Gasteiger partial charge is 0.416 e. The molecule has 28 heavy (non-hydrogen) atoms. The van der Waals surface area contributed by atoms with Crippen LogP contribution in [0.2, 0.25) is 0 Å². The number of likely N-dealkylation sites (tertiary alicyclic amines) is 1. The third kappa shape index (κ3) is 4.54. The van der Waals surface area contributed by atoms with Crippen LogP contribution in [0.5, 0.6) is 0 Å². The predicted molar refractivity (Wildman–Crippen MR) is 94.4 cm³/mol. The van der Waals surface area contributed by atoms with Crippen LogP contribution in [0.25, 0.3) is 0 Å². The highest BCUT2D eigenvalue weighted by atomic mass is 19.4. The Hall–Kier alpha value is -2.38. The fourth-order valence-electron chi connectivity index (χ4n) is 3.71. The SMILES string of the molecule is O=C(Cc1cccc(C(F)(F)F)c1)N1CCC[C@@H](Cc2nc(C3CC3)no2)C1. The number of benzene rings is 1. The van der Waals surface area contributed by atoms with Gasteiger partial charge in [-0.3, -0.25) is 4.79 Å². The van der Waals surface area contributed by atoms with Crippen LogP contribution in [0.1, 0.15) is 54.4 Å². The molecular weight excluding hydrogens is 371 g/mol. The lowest BCUT2D eigenvalue weighted by Crippen LogP contribution is -2.41. The minimum atomic E-state index is -4.40. The first kappa shape index (κ1) is 19.0. The molecule has 1 aromatic heterocycles. The molecule has 2 heterocycles. The Bertz CT molecular complexity index is 845. The van der Waals surface area contributed by atoms with E-state index >= 15 is 0 Å². The monoisotopic (exact) mass is 393 g/mol. The number of halogens is 3. The van der Waals surface area contributed by atoms with Crippen molar-refractivity contribution >= 4 is 5.91 Å². The molecule has 1 saturated heterocycles. The Morgan fingerprint density at radius 2 is 2.07 bits per heavy atom. The Morgan fingerprint density at radius 3 is 2.82 bits per heavy atom. The highest BCUT2D eigenvalue weighted by molar-refractivity contribution is 5.79. The molecule has 1 aliphatic heterocycles. The van der Waals surface area contributed by atoms with Crippen LogP contribution in [0.3, 0.4) is 0 Å². The van der Waals surface area contributed by atoms with Crippen LogP contribution in [-0.2, 0) is 23.8 Å². The molecule has 1 aromatic carbocycles. The first-order chi connectivity index (χ1) is 13.4.